The third kappa shape index (κ3) is 4.08. The molecule has 4 N–H and O–H groups in total. The predicted molar refractivity (Wildman–Crippen MR) is 147 cm³/mol. The van der Waals surface area contributed by atoms with Crippen LogP contribution in [0, 0.1) is 5.92 Å². The van der Waals surface area contributed by atoms with E-state index in [1.54, 1.807) is 43.5 Å². The van der Waals surface area contributed by atoms with Crippen molar-refractivity contribution in [3.05, 3.63) is 83.4 Å². The molecule has 0 amide bonds. The van der Waals surface area contributed by atoms with Crippen molar-refractivity contribution in [3.8, 4) is 23.0 Å². The molecule has 5 rings (SSSR count). The molecule has 2 aliphatic rings. The number of rotatable bonds is 10. The number of fused-ring (bicyclic) bond motifs is 3. The van der Waals surface area contributed by atoms with Gasteiger partial charge in [-0.05, 0) is 42.6 Å². The molecule has 1 saturated carbocycles. The van der Waals surface area contributed by atoms with Gasteiger partial charge in [0, 0.05) is 18.1 Å². The lowest BCUT2D eigenvalue weighted by Gasteiger charge is -2.40. The van der Waals surface area contributed by atoms with Gasteiger partial charge in [-0.3, -0.25) is 4.79 Å². The minimum atomic E-state index is -2.11. The Labute approximate surface area is 233 Å². The summed E-state index contributed by atoms with van der Waals surface area (Å²) in [6, 6.07) is 19.6. The Morgan fingerprint density at radius 3 is 2.33 bits per heavy atom. The van der Waals surface area contributed by atoms with Crippen molar-refractivity contribution in [2.75, 3.05) is 34.5 Å². The zero-order valence-corrected chi connectivity index (χ0v) is 22.8. The summed E-state index contributed by atoms with van der Waals surface area (Å²) in [5.74, 6) is -1.04. The highest BCUT2D eigenvalue weighted by molar-refractivity contribution is 5.78. The van der Waals surface area contributed by atoms with Crippen molar-refractivity contribution in [3.63, 3.8) is 0 Å². The molecule has 0 saturated heterocycles. The SMILES string of the molecule is COC(=O)[C@H]1[C@@H](O)[C@@]2(O)c3c(OC)cc(OCCCCN)cc3O[C@@]2(c2ccc(OC)cc2)[C@@H]1c1ccccc1. The van der Waals surface area contributed by atoms with Crippen LogP contribution >= 0.6 is 0 Å². The average molecular weight is 550 g/mol. The first-order valence-electron chi connectivity index (χ1n) is 13.3. The van der Waals surface area contributed by atoms with E-state index in [1.165, 1.54) is 14.2 Å². The number of methoxy groups -OCH3 is 3. The molecule has 0 spiro atoms. The Hall–Kier alpha value is -3.79. The number of hydrogen-bond acceptors (Lipinski definition) is 9. The van der Waals surface area contributed by atoms with Crippen LogP contribution in [0.25, 0.3) is 0 Å². The molecule has 0 unspecified atom stereocenters. The largest absolute Gasteiger partial charge is 0.497 e. The molecule has 3 aromatic rings. The molecule has 0 radical (unpaired) electrons. The molecule has 212 valence electrons. The van der Waals surface area contributed by atoms with Gasteiger partial charge in [-0.15, -0.1) is 0 Å². The lowest BCUT2D eigenvalue weighted by Crippen LogP contribution is -2.52. The second kappa shape index (κ2) is 11.0. The van der Waals surface area contributed by atoms with E-state index in [1.807, 2.05) is 30.3 Å². The van der Waals surface area contributed by atoms with Gasteiger partial charge in [0.1, 0.15) is 29.1 Å². The van der Waals surface area contributed by atoms with E-state index < -0.39 is 35.1 Å². The fourth-order valence-corrected chi connectivity index (χ4v) is 6.30. The lowest BCUT2D eigenvalue weighted by atomic mass is 9.70. The van der Waals surface area contributed by atoms with E-state index in [9.17, 15) is 15.0 Å². The van der Waals surface area contributed by atoms with E-state index in [0.717, 1.165) is 12.8 Å². The first kappa shape index (κ1) is 27.8. The fraction of sp³-hybridized carbons (Fsp3) is 0.387. The van der Waals surface area contributed by atoms with Crippen molar-refractivity contribution in [2.45, 2.75) is 36.1 Å². The van der Waals surface area contributed by atoms with Gasteiger partial charge in [-0.1, -0.05) is 42.5 Å². The molecule has 9 heteroatoms. The van der Waals surface area contributed by atoms with Crippen LogP contribution in [-0.2, 0) is 20.7 Å². The summed E-state index contributed by atoms with van der Waals surface area (Å²) in [6.07, 6.45) is -0.0241. The molecule has 3 aromatic carbocycles. The highest BCUT2D eigenvalue weighted by Gasteiger charge is 2.78. The molecule has 1 aliphatic carbocycles. The van der Waals surface area contributed by atoms with Crippen molar-refractivity contribution in [2.24, 2.45) is 11.7 Å². The molecule has 0 bridgehead atoms. The fourth-order valence-electron chi connectivity index (χ4n) is 6.30. The standard InChI is InChI=1S/C31H35NO8/c1-36-21-13-11-20(12-14-21)31-26(19-9-5-4-6-10-19)25(29(34)38-3)28(33)30(31,35)27-23(37-2)17-22(18-24(27)40-31)39-16-8-7-15-32/h4-6,9-14,17-18,25-26,28,33,35H,7-8,15-16,32H2,1-3H3/t25-,26-,28-,30+,31+/m1/s1. The number of carbonyl (C=O) groups excluding carboxylic acids is 1. The zero-order chi connectivity index (χ0) is 28.5. The highest BCUT2D eigenvalue weighted by atomic mass is 16.6. The molecular weight excluding hydrogens is 514 g/mol. The number of benzene rings is 3. The van der Waals surface area contributed by atoms with E-state index in [4.69, 9.17) is 29.4 Å². The van der Waals surface area contributed by atoms with Crippen LogP contribution < -0.4 is 24.7 Å². The summed E-state index contributed by atoms with van der Waals surface area (Å²) >= 11 is 0. The van der Waals surface area contributed by atoms with Gasteiger partial charge < -0.3 is 39.6 Å². The van der Waals surface area contributed by atoms with Crippen molar-refractivity contribution < 1.29 is 38.7 Å². The summed E-state index contributed by atoms with van der Waals surface area (Å²) in [6.45, 7) is 1.00. The van der Waals surface area contributed by atoms with Crippen LogP contribution in [0.15, 0.2) is 66.7 Å². The van der Waals surface area contributed by atoms with Gasteiger partial charge in [0.2, 0.25) is 0 Å². The quantitative estimate of drug-likeness (QED) is 0.258. The van der Waals surface area contributed by atoms with Gasteiger partial charge in [-0.2, -0.15) is 0 Å². The second-order valence-electron chi connectivity index (χ2n) is 10.1. The molecule has 1 aliphatic heterocycles. The van der Waals surface area contributed by atoms with E-state index in [2.05, 4.69) is 0 Å². The molecule has 1 heterocycles. The lowest BCUT2D eigenvalue weighted by molar-refractivity contribution is -0.161. The van der Waals surface area contributed by atoms with Crippen LogP contribution in [0.3, 0.4) is 0 Å². The Morgan fingerprint density at radius 1 is 0.975 bits per heavy atom. The Morgan fingerprint density at radius 2 is 1.70 bits per heavy atom. The van der Waals surface area contributed by atoms with E-state index in [0.29, 0.717) is 35.8 Å². The van der Waals surface area contributed by atoms with Crippen LogP contribution in [0.5, 0.6) is 23.0 Å². The maximum atomic E-state index is 13.3. The van der Waals surface area contributed by atoms with Gasteiger partial charge in [0.05, 0.1) is 39.4 Å². The number of ether oxygens (including phenoxy) is 5. The van der Waals surface area contributed by atoms with Crippen molar-refractivity contribution >= 4 is 5.97 Å². The topological polar surface area (TPSA) is 130 Å². The molecule has 40 heavy (non-hydrogen) atoms. The number of aliphatic hydroxyl groups is 2. The van der Waals surface area contributed by atoms with E-state index >= 15 is 0 Å². The van der Waals surface area contributed by atoms with Gasteiger partial charge in [0.15, 0.2) is 11.2 Å². The molecule has 1 fully saturated rings. The Kier molecular flexibility index (Phi) is 7.63. The van der Waals surface area contributed by atoms with Crippen LogP contribution in [0.4, 0.5) is 0 Å². The average Bonchev–Trinajstić information content (AvgIpc) is 3.37. The van der Waals surface area contributed by atoms with Gasteiger partial charge in [0.25, 0.3) is 0 Å². The third-order valence-corrected chi connectivity index (χ3v) is 8.06. The van der Waals surface area contributed by atoms with Crippen LogP contribution in [0.2, 0.25) is 0 Å². The Bertz CT molecular complexity index is 1350. The first-order chi connectivity index (χ1) is 19.4. The maximum absolute atomic E-state index is 13.3. The van der Waals surface area contributed by atoms with Crippen LogP contribution in [-0.4, -0.2) is 56.8 Å². The Balaban J connectivity index is 1.76. The summed E-state index contributed by atoms with van der Waals surface area (Å²) in [5, 5.41) is 24.8. The minimum Gasteiger partial charge on any atom is -0.497 e. The second-order valence-corrected chi connectivity index (χ2v) is 10.1. The predicted octanol–water partition coefficient (Wildman–Crippen LogP) is 3.24. The van der Waals surface area contributed by atoms with Crippen LogP contribution in [0.1, 0.15) is 35.4 Å². The van der Waals surface area contributed by atoms with Crippen molar-refractivity contribution in [1.82, 2.24) is 0 Å². The summed E-state index contributed by atoms with van der Waals surface area (Å²) in [5.41, 5.74) is 3.32. The third-order valence-electron chi connectivity index (χ3n) is 8.06. The number of hydrogen-bond donors (Lipinski definition) is 3. The number of unbranched alkanes of at least 4 members (excludes halogenated alkanes) is 1. The number of nitrogens with two attached hydrogens (primary N) is 1. The highest BCUT2D eigenvalue weighted by Crippen LogP contribution is 2.70. The minimum absolute atomic E-state index is 0.236. The molecule has 0 aromatic heterocycles. The smallest absolute Gasteiger partial charge is 0.312 e. The molecule has 9 nitrogen and oxygen atoms in total. The summed E-state index contributed by atoms with van der Waals surface area (Å²) in [7, 11) is 4.29. The normalized spacial score (nSPS) is 26.4. The van der Waals surface area contributed by atoms with Crippen molar-refractivity contribution in [1.29, 1.82) is 0 Å². The number of carbonyl (C=O) groups is 1. The van der Waals surface area contributed by atoms with Gasteiger partial charge >= 0.3 is 5.97 Å². The monoisotopic (exact) mass is 549 g/mol. The van der Waals surface area contributed by atoms with E-state index in [-0.39, 0.29) is 17.1 Å². The number of esters is 1. The molecular formula is C31H35NO8. The van der Waals surface area contributed by atoms with Gasteiger partial charge in [-0.25, -0.2) is 0 Å². The first-order valence-corrected chi connectivity index (χ1v) is 13.3. The zero-order valence-electron chi connectivity index (χ0n) is 22.8. The summed E-state index contributed by atoms with van der Waals surface area (Å²) < 4.78 is 29.1. The molecule has 5 atom stereocenters. The number of aliphatic hydroxyl groups excluding tert-OH is 1. The summed E-state index contributed by atoms with van der Waals surface area (Å²) in [4.78, 5) is 13.3. The maximum Gasteiger partial charge on any atom is 0.312 e.